The largest absolute Gasteiger partial charge is 0.385 e. The Bertz CT molecular complexity index is 328. The van der Waals surface area contributed by atoms with E-state index in [-0.39, 0.29) is 0 Å². The summed E-state index contributed by atoms with van der Waals surface area (Å²) >= 11 is 0. The normalized spacial score (nSPS) is 31.3. The second-order valence-electron chi connectivity index (χ2n) is 4.92. The molecule has 0 unspecified atom stereocenters. The summed E-state index contributed by atoms with van der Waals surface area (Å²) < 4.78 is 0. The van der Waals surface area contributed by atoms with Gasteiger partial charge in [0.15, 0.2) is 0 Å². The molecule has 0 atom stereocenters. The fourth-order valence-electron chi connectivity index (χ4n) is 2.57. The summed E-state index contributed by atoms with van der Waals surface area (Å²) in [6.07, 6.45) is 1.83. The molecule has 0 amide bonds. The Hall–Kier alpha value is -0.820. The van der Waals surface area contributed by atoms with Gasteiger partial charge in [-0.3, -0.25) is 0 Å². The van der Waals surface area contributed by atoms with Gasteiger partial charge in [0.2, 0.25) is 0 Å². The van der Waals surface area contributed by atoms with Gasteiger partial charge in [-0.1, -0.05) is 36.2 Å². The Morgan fingerprint density at radius 3 is 2.07 bits per heavy atom. The molecule has 1 aromatic rings. The predicted octanol–water partition coefficient (Wildman–Crippen LogP) is 2.92. The van der Waals surface area contributed by atoms with Crippen LogP contribution < -0.4 is 0 Å². The lowest BCUT2D eigenvalue weighted by atomic mass is 9.68. The van der Waals surface area contributed by atoms with Crippen molar-refractivity contribution in [3.8, 4) is 0 Å². The van der Waals surface area contributed by atoms with Crippen molar-refractivity contribution in [1.82, 2.24) is 0 Å². The fourth-order valence-corrected chi connectivity index (χ4v) is 2.57. The number of rotatable bonds is 1. The van der Waals surface area contributed by atoms with Crippen LogP contribution in [0.3, 0.4) is 0 Å². The first kappa shape index (κ1) is 9.72. The smallest absolute Gasteiger partial charge is 0.0901 e. The molecule has 0 heterocycles. The Balaban J connectivity index is 2.32. The molecule has 0 spiro atoms. The monoisotopic (exact) mass is 190 g/mol. The van der Waals surface area contributed by atoms with Gasteiger partial charge in [0.25, 0.3) is 0 Å². The number of hydrogen-bond donors (Lipinski definition) is 1. The van der Waals surface area contributed by atoms with Crippen LogP contribution in [-0.4, -0.2) is 5.11 Å². The molecule has 1 saturated carbocycles. The molecule has 1 nitrogen and oxygen atoms in total. The van der Waals surface area contributed by atoms with Gasteiger partial charge in [0.1, 0.15) is 0 Å². The van der Waals surface area contributed by atoms with E-state index in [1.165, 1.54) is 11.1 Å². The number of aryl methyl sites for hydroxylation is 2. The molecule has 0 bridgehead atoms. The van der Waals surface area contributed by atoms with Crippen LogP contribution in [0.25, 0.3) is 0 Å². The van der Waals surface area contributed by atoms with Gasteiger partial charge in [0.05, 0.1) is 5.60 Å². The molecule has 1 heteroatoms. The van der Waals surface area contributed by atoms with Crippen molar-refractivity contribution in [3.05, 3.63) is 34.9 Å². The molecule has 1 aliphatic carbocycles. The van der Waals surface area contributed by atoms with E-state index in [4.69, 9.17) is 0 Å². The van der Waals surface area contributed by atoms with Crippen LogP contribution >= 0.6 is 0 Å². The minimum atomic E-state index is -0.532. The third kappa shape index (κ3) is 1.57. The minimum Gasteiger partial charge on any atom is -0.385 e. The molecule has 1 fully saturated rings. The molecule has 14 heavy (non-hydrogen) atoms. The highest BCUT2D eigenvalue weighted by atomic mass is 16.3. The van der Waals surface area contributed by atoms with E-state index in [0.29, 0.717) is 5.92 Å². The number of aliphatic hydroxyl groups is 1. The van der Waals surface area contributed by atoms with Gasteiger partial charge in [-0.15, -0.1) is 0 Å². The van der Waals surface area contributed by atoms with E-state index >= 15 is 0 Å². The maximum Gasteiger partial charge on any atom is 0.0901 e. The predicted molar refractivity (Wildman–Crippen MR) is 58.2 cm³/mol. The van der Waals surface area contributed by atoms with Crippen molar-refractivity contribution in [2.45, 2.75) is 39.2 Å². The maximum absolute atomic E-state index is 10.3. The summed E-state index contributed by atoms with van der Waals surface area (Å²) in [6.45, 7) is 6.36. The van der Waals surface area contributed by atoms with Gasteiger partial charge < -0.3 is 5.11 Å². The van der Waals surface area contributed by atoms with E-state index in [1.54, 1.807) is 0 Å². The molecule has 76 valence electrons. The molecule has 0 saturated heterocycles. The Morgan fingerprint density at radius 1 is 1.14 bits per heavy atom. The lowest BCUT2D eigenvalue weighted by Gasteiger charge is -2.42. The van der Waals surface area contributed by atoms with Crippen LogP contribution in [0.1, 0.15) is 36.5 Å². The van der Waals surface area contributed by atoms with E-state index in [0.717, 1.165) is 18.4 Å². The topological polar surface area (TPSA) is 20.2 Å². The first-order valence-electron chi connectivity index (χ1n) is 5.31. The zero-order chi connectivity index (χ0) is 10.3. The fraction of sp³-hybridized carbons (Fsp3) is 0.538. The van der Waals surface area contributed by atoms with Crippen molar-refractivity contribution >= 4 is 0 Å². The van der Waals surface area contributed by atoms with Crippen molar-refractivity contribution in [1.29, 1.82) is 0 Å². The molecule has 0 aromatic heterocycles. The minimum absolute atomic E-state index is 0.532. The molecule has 0 aliphatic heterocycles. The third-order valence-corrected chi connectivity index (χ3v) is 3.13. The molecular formula is C13H18O. The van der Waals surface area contributed by atoms with E-state index in [9.17, 15) is 5.11 Å². The van der Waals surface area contributed by atoms with Gasteiger partial charge in [-0.2, -0.15) is 0 Å². The molecule has 1 N–H and O–H groups in total. The lowest BCUT2D eigenvalue weighted by molar-refractivity contribution is -0.0739. The standard InChI is InChI=1S/C13H18O/c1-9-4-10(2)6-12(5-9)13(14)7-11(3)8-13/h4-6,11,14H,7-8H2,1-3H3. The van der Waals surface area contributed by atoms with Crippen LogP contribution in [0.2, 0.25) is 0 Å². The van der Waals surface area contributed by atoms with Crippen LogP contribution in [0.5, 0.6) is 0 Å². The first-order valence-corrected chi connectivity index (χ1v) is 5.31. The van der Waals surface area contributed by atoms with E-state index < -0.39 is 5.60 Å². The highest BCUT2D eigenvalue weighted by molar-refractivity contribution is 5.33. The Morgan fingerprint density at radius 2 is 1.64 bits per heavy atom. The van der Waals surface area contributed by atoms with Gasteiger partial charge in [-0.25, -0.2) is 0 Å². The summed E-state index contributed by atoms with van der Waals surface area (Å²) in [5.74, 6) is 0.667. The van der Waals surface area contributed by atoms with Crippen LogP contribution in [0.15, 0.2) is 18.2 Å². The molecule has 1 aliphatic rings. The van der Waals surface area contributed by atoms with Crippen molar-refractivity contribution < 1.29 is 5.11 Å². The molecular weight excluding hydrogens is 172 g/mol. The number of hydrogen-bond acceptors (Lipinski definition) is 1. The summed E-state index contributed by atoms with van der Waals surface area (Å²) in [6, 6.07) is 6.37. The first-order chi connectivity index (χ1) is 6.49. The summed E-state index contributed by atoms with van der Waals surface area (Å²) in [7, 11) is 0. The third-order valence-electron chi connectivity index (χ3n) is 3.13. The SMILES string of the molecule is Cc1cc(C)cc(C2(O)CC(C)C2)c1. The van der Waals surface area contributed by atoms with Gasteiger partial charge in [-0.05, 0) is 38.2 Å². The molecule has 2 rings (SSSR count). The zero-order valence-electron chi connectivity index (χ0n) is 9.17. The summed E-state index contributed by atoms with van der Waals surface area (Å²) in [5, 5.41) is 10.3. The summed E-state index contributed by atoms with van der Waals surface area (Å²) in [4.78, 5) is 0. The highest BCUT2D eigenvalue weighted by Gasteiger charge is 2.41. The quantitative estimate of drug-likeness (QED) is 0.722. The average Bonchev–Trinajstić information content (AvgIpc) is 1.99. The van der Waals surface area contributed by atoms with Crippen molar-refractivity contribution in [2.24, 2.45) is 5.92 Å². The zero-order valence-corrected chi connectivity index (χ0v) is 9.17. The van der Waals surface area contributed by atoms with Crippen LogP contribution in [0.4, 0.5) is 0 Å². The lowest BCUT2D eigenvalue weighted by Crippen LogP contribution is -2.39. The van der Waals surface area contributed by atoms with Gasteiger partial charge in [0, 0.05) is 0 Å². The van der Waals surface area contributed by atoms with Crippen LogP contribution in [-0.2, 0) is 5.60 Å². The van der Waals surface area contributed by atoms with E-state index in [1.807, 2.05) is 0 Å². The second-order valence-corrected chi connectivity index (χ2v) is 4.92. The number of benzene rings is 1. The van der Waals surface area contributed by atoms with Crippen molar-refractivity contribution in [3.63, 3.8) is 0 Å². The summed E-state index contributed by atoms with van der Waals surface area (Å²) in [5.41, 5.74) is 3.06. The highest BCUT2D eigenvalue weighted by Crippen LogP contribution is 2.45. The Kier molecular flexibility index (Phi) is 2.15. The van der Waals surface area contributed by atoms with E-state index in [2.05, 4.69) is 39.0 Å². The molecule has 1 aromatic carbocycles. The van der Waals surface area contributed by atoms with Crippen molar-refractivity contribution in [2.75, 3.05) is 0 Å². The maximum atomic E-state index is 10.3. The Labute approximate surface area is 85.8 Å². The molecule has 0 radical (unpaired) electrons. The second kappa shape index (κ2) is 3.09. The van der Waals surface area contributed by atoms with Gasteiger partial charge >= 0.3 is 0 Å². The average molecular weight is 190 g/mol. The van der Waals surface area contributed by atoms with Crippen LogP contribution in [0, 0.1) is 19.8 Å².